The summed E-state index contributed by atoms with van der Waals surface area (Å²) < 4.78 is 6.05. The molecular formula is C13H26N2OS. The quantitative estimate of drug-likeness (QED) is 0.825. The second-order valence-electron chi connectivity index (χ2n) is 6.15. The van der Waals surface area contributed by atoms with Crippen molar-refractivity contribution in [3.05, 3.63) is 0 Å². The van der Waals surface area contributed by atoms with Crippen molar-refractivity contribution in [2.45, 2.75) is 25.0 Å². The lowest BCUT2D eigenvalue weighted by molar-refractivity contribution is 0.107. The fourth-order valence-electron chi connectivity index (χ4n) is 3.07. The number of rotatable bonds is 4. The van der Waals surface area contributed by atoms with Crippen LogP contribution in [0.5, 0.6) is 0 Å². The van der Waals surface area contributed by atoms with E-state index in [1.54, 1.807) is 0 Å². The Morgan fingerprint density at radius 2 is 2.24 bits per heavy atom. The number of ether oxygens (including phenoxy) is 1. The summed E-state index contributed by atoms with van der Waals surface area (Å²) in [6.07, 6.45) is 1.21. The van der Waals surface area contributed by atoms with Gasteiger partial charge in [-0.15, -0.1) is 0 Å². The molecule has 0 spiro atoms. The van der Waals surface area contributed by atoms with Crippen molar-refractivity contribution >= 4 is 11.8 Å². The van der Waals surface area contributed by atoms with Gasteiger partial charge in [-0.05, 0) is 27.3 Å². The molecule has 0 aliphatic carbocycles. The molecule has 1 unspecified atom stereocenters. The fraction of sp³-hybridized carbons (Fsp3) is 1.00. The number of nitrogens with one attached hydrogen (secondary N) is 1. The van der Waals surface area contributed by atoms with Crippen molar-refractivity contribution < 1.29 is 4.74 Å². The number of thioether (sulfide) groups is 1. The summed E-state index contributed by atoms with van der Waals surface area (Å²) in [4.78, 5) is 2.64. The van der Waals surface area contributed by atoms with E-state index in [0.29, 0.717) is 10.2 Å². The first-order valence-electron chi connectivity index (χ1n) is 6.64. The molecule has 0 aromatic rings. The smallest absolute Gasteiger partial charge is 0.0547 e. The fourth-order valence-corrected chi connectivity index (χ4v) is 4.24. The average Bonchev–Trinajstić information content (AvgIpc) is 2.65. The van der Waals surface area contributed by atoms with Gasteiger partial charge in [0.2, 0.25) is 0 Å². The van der Waals surface area contributed by atoms with Crippen LogP contribution >= 0.6 is 11.8 Å². The van der Waals surface area contributed by atoms with Gasteiger partial charge in [-0.25, -0.2) is 0 Å². The van der Waals surface area contributed by atoms with Crippen molar-refractivity contribution in [2.24, 2.45) is 5.41 Å². The van der Waals surface area contributed by atoms with Crippen LogP contribution in [0.1, 0.15) is 20.3 Å². The lowest BCUT2D eigenvalue weighted by Gasteiger charge is -2.41. The Hall–Kier alpha value is 0.230. The molecule has 0 radical (unpaired) electrons. The van der Waals surface area contributed by atoms with Gasteiger partial charge in [-0.2, -0.15) is 11.8 Å². The molecular weight excluding hydrogens is 232 g/mol. The number of hydrogen-bond acceptors (Lipinski definition) is 4. The van der Waals surface area contributed by atoms with Crippen LogP contribution < -0.4 is 5.32 Å². The molecule has 17 heavy (non-hydrogen) atoms. The molecule has 2 heterocycles. The second kappa shape index (κ2) is 5.47. The van der Waals surface area contributed by atoms with E-state index in [9.17, 15) is 0 Å². The van der Waals surface area contributed by atoms with Crippen molar-refractivity contribution in [1.82, 2.24) is 10.2 Å². The molecule has 1 atom stereocenters. The van der Waals surface area contributed by atoms with Crippen molar-refractivity contribution in [1.29, 1.82) is 0 Å². The first kappa shape index (κ1) is 13.7. The summed E-state index contributed by atoms with van der Waals surface area (Å²) >= 11 is 2.11. The van der Waals surface area contributed by atoms with E-state index in [4.69, 9.17) is 4.74 Å². The maximum absolute atomic E-state index is 5.63. The Morgan fingerprint density at radius 1 is 1.41 bits per heavy atom. The monoisotopic (exact) mass is 258 g/mol. The molecule has 2 aliphatic heterocycles. The lowest BCUT2D eigenvalue weighted by atomic mass is 9.86. The molecule has 3 nitrogen and oxygen atoms in total. The van der Waals surface area contributed by atoms with Crippen LogP contribution in [-0.4, -0.2) is 61.8 Å². The van der Waals surface area contributed by atoms with Crippen LogP contribution in [0.3, 0.4) is 0 Å². The van der Waals surface area contributed by atoms with Crippen LogP contribution in [0.2, 0.25) is 0 Å². The lowest BCUT2D eigenvalue weighted by Crippen LogP contribution is -2.50. The molecule has 0 aromatic heterocycles. The molecule has 1 N–H and O–H groups in total. The summed E-state index contributed by atoms with van der Waals surface area (Å²) in [6, 6.07) is 0. The maximum Gasteiger partial charge on any atom is 0.0547 e. The van der Waals surface area contributed by atoms with E-state index in [1.807, 2.05) is 0 Å². The summed E-state index contributed by atoms with van der Waals surface area (Å²) in [6.45, 7) is 11.3. The maximum atomic E-state index is 5.63. The third-order valence-corrected chi connectivity index (χ3v) is 5.10. The van der Waals surface area contributed by atoms with Crippen LogP contribution in [-0.2, 0) is 4.74 Å². The highest BCUT2D eigenvalue weighted by atomic mass is 32.2. The van der Waals surface area contributed by atoms with Gasteiger partial charge in [0.05, 0.1) is 6.61 Å². The Bertz CT molecular complexity index is 252. The predicted molar refractivity (Wildman–Crippen MR) is 74.8 cm³/mol. The Morgan fingerprint density at radius 3 is 2.82 bits per heavy atom. The zero-order valence-corrected chi connectivity index (χ0v) is 12.2. The first-order chi connectivity index (χ1) is 8.05. The highest BCUT2D eigenvalue weighted by molar-refractivity contribution is 8.00. The van der Waals surface area contributed by atoms with Crippen LogP contribution in [0.4, 0.5) is 0 Å². The molecule has 0 saturated carbocycles. The van der Waals surface area contributed by atoms with Crippen molar-refractivity contribution in [3.8, 4) is 0 Å². The van der Waals surface area contributed by atoms with E-state index in [-0.39, 0.29) is 0 Å². The zero-order valence-electron chi connectivity index (χ0n) is 11.4. The molecule has 2 aliphatic rings. The van der Waals surface area contributed by atoms with Gasteiger partial charge in [0, 0.05) is 48.7 Å². The van der Waals surface area contributed by atoms with Crippen LogP contribution in [0, 0.1) is 5.41 Å². The normalized spacial score (nSPS) is 34.1. The Balaban J connectivity index is 1.93. The van der Waals surface area contributed by atoms with E-state index in [1.165, 1.54) is 31.8 Å². The minimum absolute atomic E-state index is 0.354. The summed E-state index contributed by atoms with van der Waals surface area (Å²) in [5.41, 5.74) is 0.354. The molecule has 2 saturated heterocycles. The third-order valence-electron chi connectivity index (χ3n) is 3.80. The Labute approximate surface area is 110 Å². The number of hydrogen-bond donors (Lipinski definition) is 1. The minimum Gasteiger partial charge on any atom is -0.381 e. The highest BCUT2D eigenvalue weighted by Gasteiger charge is 2.38. The van der Waals surface area contributed by atoms with Gasteiger partial charge in [0.1, 0.15) is 0 Å². The molecule has 0 amide bonds. The van der Waals surface area contributed by atoms with Crippen LogP contribution in [0.25, 0.3) is 0 Å². The average molecular weight is 258 g/mol. The molecule has 2 fully saturated rings. The van der Waals surface area contributed by atoms with E-state index in [0.717, 1.165) is 19.8 Å². The minimum atomic E-state index is 0.354. The van der Waals surface area contributed by atoms with Gasteiger partial charge < -0.3 is 15.0 Å². The summed E-state index contributed by atoms with van der Waals surface area (Å²) in [5, 5.41) is 3.35. The Kier molecular flexibility index (Phi) is 4.40. The molecule has 4 heteroatoms. The van der Waals surface area contributed by atoms with Crippen LogP contribution in [0.15, 0.2) is 0 Å². The summed E-state index contributed by atoms with van der Waals surface area (Å²) in [7, 11) is 2.05. The largest absolute Gasteiger partial charge is 0.381 e. The van der Waals surface area contributed by atoms with E-state index in [2.05, 4.69) is 42.9 Å². The molecule has 0 aromatic carbocycles. The highest BCUT2D eigenvalue weighted by Crippen LogP contribution is 2.34. The van der Waals surface area contributed by atoms with E-state index >= 15 is 0 Å². The van der Waals surface area contributed by atoms with Crippen molar-refractivity contribution in [2.75, 3.05) is 52.2 Å². The second-order valence-corrected chi connectivity index (χ2v) is 7.95. The van der Waals surface area contributed by atoms with Gasteiger partial charge >= 0.3 is 0 Å². The number of nitrogens with zero attached hydrogens (tertiary/aromatic N) is 1. The van der Waals surface area contributed by atoms with Gasteiger partial charge in [0.15, 0.2) is 0 Å². The zero-order chi connectivity index (χ0) is 12.4. The van der Waals surface area contributed by atoms with Gasteiger partial charge in [-0.1, -0.05) is 0 Å². The van der Waals surface area contributed by atoms with E-state index < -0.39 is 0 Å². The topological polar surface area (TPSA) is 24.5 Å². The van der Waals surface area contributed by atoms with Gasteiger partial charge in [0.25, 0.3) is 0 Å². The molecule has 100 valence electrons. The third kappa shape index (κ3) is 3.60. The molecule has 0 bridgehead atoms. The standard InChI is InChI=1S/C13H26N2OS/c1-12(2)9-15(5-7-17-12)10-13(8-14-3)4-6-16-11-13/h14H,4-11H2,1-3H3. The van der Waals surface area contributed by atoms with Crippen molar-refractivity contribution in [3.63, 3.8) is 0 Å². The molecule has 2 rings (SSSR count). The predicted octanol–water partition coefficient (Wildman–Crippen LogP) is 1.44. The van der Waals surface area contributed by atoms with Gasteiger partial charge in [-0.3, -0.25) is 0 Å². The SMILES string of the molecule is CNCC1(CN2CCSC(C)(C)C2)CCOC1. The first-order valence-corrected chi connectivity index (χ1v) is 7.63. The summed E-state index contributed by atoms with van der Waals surface area (Å²) in [5.74, 6) is 1.27.